The molecule has 2 aromatic carbocycles. The number of benzene rings is 2. The van der Waals surface area contributed by atoms with Gasteiger partial charge in [-0.3, -0.25) is 0 Å². The lowest BCUT2D eigenvalue weighted by Gasteiger charge is -2.22. The molecule has 1 atom stereocenters. The Hall–Kier alpha value is -2.38. The summed E-state index contributed by atoms with van der Waals surface area (Å²) in [5.74, 6) is 0.0101. The first-order chi connectivity index (χ1) is 9.55. The van der Waals surface area contributed by atoms with Crippen LogP contribution in [0.25, 0.3) is 0 Å². The summed E-state index contributed by atoms with van der Waals surface area (Å²) in [6, 6.07) is 15.3. The molecule has 0 saturated heterocycles. The van der Waals surface area contributed by atoms with Crippen molar-refractivity contribution < 1.29 is 9.13 Å². The van der Waals surface area contributed by atoms with Crippen LogP contribution in [0.5, 0.6) is 5.75 Å². The highest BCUT2D eigenvalue weighted by Crippen LogP contribution is 2.23. The molecular weight excluding hydrogens is 255 g/mol. The van der Waals surface area contributed by atoms with Gasteiger partial charge >= 0.3 is 0 Å². The van der Waals surface area contributed by atoms with Gasteiger partial charge in [-0.1, -0.05) is 36.4 Å². The van der Waals surface area contributed by atoms with Crippen molar-refractivity contribution in [3.63, 3.8) is 0 Å². The standard InChI is InChI=1S/C16H15FN2O/c1-12-7-8-14(17)9-15(12)20-11-16(19,10-18)13-5-3-2-4-6-13/h2-9H,11,19H2,1H3. The maximum absolute atomic E-state index is 13.2. The second-order valence-corrected chi connectivity index (χ2v) is 4.65. The van der Waals surface area contributed by atoms with Crippen LogP contribution in [0.15, 0.2) is 48.5 Å². The van der Waals surface area contributed by atoms with E-state index in [1.54, 1.807) is 18.2 Å². The van der Waals surface area contributed by atoms with Gasteiger partial charge in [-0.2, -0.15) is 5.26 Å². The van der Waals surface area contributed by atoms with E-state index in [9.17, 15) is 9.65 Å². The second kappa shape index (κ2) is 5.72. The first-order valence-corrected chi connectivity index (χ1v) is 6.20. The molecule has 0 aliphatic carbocycles. The van der Waals surface area contributed by atoms with E-state index in [1.165, 1.54) is 12.1 Å². The average molecular weight is 270 g/mol. The zero-order chi connectivity index (χ0) is 14.6. The van der Waals surface area contributed by atoms with Crippen molar-refractivity contribution in [2.45, 2.75) is 12.5 Å². The third-order valence-electron chi connectivity index (χ3n) is 3.09. The minimum absolute atomic E-state index is 0.0438. The van der Waals surface area contributed by atoms with Crippen LogP contribution in [-0.2, 0) is 5.54 Å². The highest BCUT2D eigenvalue weighted by atomic mass is 19.1. The van der Waals surface area contributed by atoms with Crippen LogP contribution in [0.1, 0.15) is 11.1 Å². The number of hydrogen-bond donors (Lipinski definition) is 1. The minimum Gasteiger partial charge on any atom is -0.490 e. The van der Waals surface area contributed by atoms with Gasteiger partial charge in [0.25, 0.3) is 0 Å². The molecule has 2 aromatic rings. The Bertz CT molecular complexity index is 637. The van der Waals surface area contributed by atoms with Crippen molar-refractivity contribution in [1.29, 1.82) is 5.26 Å². The van der Waals surface area contributed by atoms with Gasteiger partial charge in [0.1, 0.15) is 18.2 Å². The lowest BCUT2D eigenvalue weighted by Crippen LogP contribution is -2.41. The molecule has 0 bridgehead atoms. The molecule has 0 fully saturated rings. The van der Waals surface area contributed by atoms with Crippen LogP contribution in [-0.4, -0.2) is 6.61 Å². The van der Waals surface area contributed by atoms with Crippen molar-refractivity contribution >= 4 is 0 Å². The molecule has 0 radical (unpaired) electrons. The average Bonchev–Trinajstić information content (AvgIpc) is 2.49. The number of halogens is 1. The van der Waals surface area contributed by atoms with Crippen molar-refractivity contribution in [3.05, 3.63) is 65.5 Å². The molecule has 2 rings (SSSR count). The van der Waals surface area contributed by atoms with Gasteiger partial charge in [-0.25, -0.2) is 4.39 Å². The van der Waals surface area contributed by atoms with E-state index >= 15 is 0 Å². The number of nitrogens with zero attached hydrogens (tertiary/aromatic N) is 1. The van der Waals surface area contributed by atoms with Gasteiger partial charge in [-0.05, 0) is 24.1 Å². The lowest BCUT2D eigenvalue weighted by atomic mass is 9.93. The number of rotatable bonds is 4. The summed E-state index contributed by atoms with van der Waals surface area (Å²) in [5.41, 5.74) is 6.27. The lowest BCUT2D eigenvalue weighted by molar-refractivity contribution is 0.253. The van der Waals surface area contributed by atoms with E-state index in [4.69, 9.17) is 10.5 Å². The summed E-state index contributed by atoms with van der Waals surface area (Å²) in [7, 11) is 0. The summed E-state index contributed by atoms with van der Waals surface area (Å²) in [4.78, 5) is 0. The quantitative estimate of drug-likeness (QED) is 0.929. The third kappa shape index (κ3) is 2.95. The molecule has 0 spiro atoms. The van der Waals surface area contributed by atoms with Gasteiger partial charge < -0.3 is 10.5 Å². The fraction of sp³-hybridized carbons (Fsp3) is 0.188. The van der Waals surface area contributed by atoms with Crippen molar-refractivity contribution in [2.75, 3.05) is 6.61 Å². The summed E-state index contributed by atoms with van der Waals surface area (Å²) < 4.78 is 18.7. The Labute approximate surface area is 117 Å². The first-order valence-electron chi connectivity index (χ1n) is 6.20. The predicted molar refractivity (Wildman–Crippen MR) is 74.6 cm³/mol. The SMILES string of the molecule is Cc1ccc(F)cc1OCC(N)(C#N)c1ccccc1. The number of nitriles is 1. The molecule has 102 valence electrons. The van der Waals surface area contributed by atoms with E-state index < -0.39 is 5.54 Å². The summed E-state index contributed by atoms with van der Waals surface area (Å²) in [6.45, 7) is 1.76. The van der Waals surface area contributed by atoms with E-state index in [-0.39, 0.29) is 12.4 Å². The highest BCUT2D eigenvalue weighted by molar-refractivity contribution is 5.35. The van der Waals surface area contributed by atoms with E-state index in [0.717, 1.165) is 5.56 Å². The molecule has 0 saturated carbocycles. The third-order valence-corrected chi connectivity index (χ3v) is 3.09. The normalized spacial score (nSPS) is 13.3. The smallest absolute Gasteiger partial charge is 0.164 e. The molecule has 1 unspecified atom stereocenters. The summed E-state index contributed by atoms with van der Waals surface area (Å²) in [6.07, 6.45) is 0. The van der Waals surface area contributed by atoms with Crippen LogP contribution in [0.2, 0.25) is 0 Å². The highest BCUT2D eigenvalue weighted by Gasteiger charge is 2.28. The number of nitrogens with two attached hydrogens (primary N) is 1. The fourth-order valence-electron chi connectivity index (χ4n) is 1.84. The zero-order valence-corrected chi connectivity index (χ0v) is 11.1. The van der Waals surface area contributed by atoms with Crippen molar-refractivity contribution in [3.8, 4) is 11.8 Å². The number of ether oxygens (including phenoxy) is 1. The molecule has 0 heterocycles. The Morgan fingerprint density at radius 1 is 1.25 bits per heavy atom. The number of hydrogen-bond acceptors (Lipinski definition) is 3. The maximum atomic E-state index is 13.2. The van der Waals surface area contributed by atoms with Crippen molar-refractivity contribution in [2.24, 2.45) is 5.73 Å². The molecule has 2 N–H and O–H groups in total. The number of aryl methyl sites for hydroxylation is 1. The fourth-order valence-corrected chi connectivity index (χ4v) is 1.84. The molecular formula is C16H15FN2O. The Morgan fingerprint density at radius 2 is 1.95 bits per heavy atom. The van der Waals surface area contributed by atoms with Crippen LogP contribution in [0.3, 0.4) is 0 Å². The van der Waals surface area contributed by atoms with Gasteiger partial charge in [-0.15, -0.1) is 0 Å². The zero-order valence-electron chi connectivity index (χ0n) is 11.1. The maximum Gasteiger partial charge on any atom is 0.164 e. The molecule has 4 heteroatoms. The Kier molecular flexibility index (Phi) is 4.02. The predicted octanol–water partition coefficient (Wildman–Crippen LogP) is 2.89. The van der Waals surface area contributed by atoms with Crippen LogP contribution >= 0.6 is 0 Å². The van der Waals surface area contributed by atoms with Gasteiger partial charge in [0, 0.05) is 6.07 Å². The van der Waals surface area contributed by atoms with Gasteiger partial charge in [0.2, 0.25) is 0 Å². The molecule has 0 aliphatic rings. The molecule has 3 nitrogen and oxygen atoms in total. The van der Waals surface area contributed by atoms with Gasteiger partial charge in [0.15, 0.2) is 5.54 Å². The van der Waals surface area contributed by atoms with Crippen LogP contribution < -0.4 is 10.5 Å². The second-order valence-electron chi connectivity index (χ2n) is 4.65. The van der Waals surface area contributed by atoms with Gasteiger partial charge in [0.05, 0.1) is 6.07 Å². The Morgan fingerprint density at radius 3 is 2.60 bits per heavy atom. The monoisotopic (exact) mass is 270 g/mol. The Balaban J connectivity index is 2.20. The topological polar surface area (TPSA) is 59.0 Å². The van der Waals surface area contributed by atoms with E-state index in [2.05, 4.69) is 6.07 Å². The molecule has 0 amide bonds. The largest absolute Gasteiger partial charge is 0.490 e. The first kappa shape index (κ1) is 14.0. The van der Waals surface area contributed by atoms with E-state index in [0.29, 0.717) is 11.3 Å². The molecule has 0 aliphatic heterocycles. The summed E-state index contributed by atoms with van der Waals surface area (Å²) in [5, 5.41) is 9.31. The van der Waals surface area contributed by atoms with E-state index in [1.807, 2.05) is 25.1 Å². The molecule has 20 heavy (non-hydrogen) atoms. The van der Waals surface area contributed by atoms with Crippen LogP contribution in [0, 0.1) is 24.1 Å². The van der Waals surface area contributed by atoms with Crippen molar-refractivity contribution in [1.82, 2.24) is 0 Å². The van der Waals surface area contributed by atoms with Crippen LogP contribution in [0.4, 0.5) is 4.39 Å². The summed E-state index contributed by atoms with van der Waals surface area (Å²) >= 11 is 0. The minimum atomic E-state index is -1.26. The molecule has 0 aromatic heterocycles.